The van der Waals surface area contributed by atoms with Gasteiger partial charge in [-0.05, 0) is 49.7 Å². The van der Waals surface area contributed by atoms with Crippen molar-refractivity contribution in [2.45, 2.75) is 20.0 Å². The van der Waals surface area contributed by atoms with Crippen LogP contribution in [0.3, 0.4) is 0 Å². The zero-order valence-electron chi connectivity index (χ0n) is 14.1. The molecule has 1 aromatic heterocycles. The molecule has 2 heterocycles. The van der Waals surface area contributed by atoms with E-state index < -0.39 is 6.10 Å². The number of ether oxygens (including phenoxy) is 1. The molecule has 0 unspecified atom stereocenters. The van der Waals surface area contributed by atoms with E-state index in [9.17, 15) is 14.0 Å². The molecule has 0 aliphatic carbocycles. The zero-order valence-corrected chi connectivity index (χ0v) is 14.9. The molecule has 2 aromatic carbocycles. The third-order valence-corrected chi connectivity index (χ3v) is 5.53. The van der Waals surface area contributed by atoms with Gasteiger partial charge in [-0.3, -0.25) is 9.59 Å². The normalized spacial score (nSPS) is 16.0. The Hall–Kier alpha value is -2.93. The molecule has 2 amide bonds. The minimum atomic E-state index is -0.556. The average Bonchev–Trinajstić information content (AvgIpc) is 2.94. The maximum Gasteiger partial charge on any atom is 0.266 e. The van der Waals surface area contributed by atoms with Crippen molar-refractivity contribution in [3.63, 3.8) is 0 Å². The molecule has 0 fully saturated rings. The second kappa shape index (κ2) is 6.10. The Labute approximate surface area is 152 Å². The van der Waals surface area contributed by atoms with E-state index in [2.05, 4.69) is 10.6 Å². The number of carbonyl (C=O) groups is 2. The molecular formula is C19H15FN2O3S. The van der Waals surface area contributed by atoms with Gasteiger partial charge in [-0.1, -0.05) is 6.07 Å². The predicted octanol–water partition coefficient (Wildman–Crippen LogP) is 4.32. The molecule has 0 spiro atoms. The Bertz CT molecular complexity index is 1060. The molecule has 3 aromatic rings. The number of aryl methyl sites for hydroxylation is 1. The highest BCUT2D eigenvalue weighted by molar-refractivity contribution is 7.21. The van der Waals surface area contributed by atoms with Gasteiger partial charge in [0.15, 0.2) is 6.10 Å². The van der Waals surface area contributed by atoms with Gasteiger partial charge in [0.25, 0.3) is 11.8 Å². The summed E-state index contributed by atoms with van der Waals surface area (Å²) in [7, 11) is 0. The highest BCUT2D eigenvalue weighted by Gasteiger charge is 2.24. The number of anilines is 2. The van der Waals surface area contributed by atoms with E-state index in [1.54, 1.807) is 44.2 Å². The van der Waals surface area contributed by atoms with E-state index in [4.69, 9.17) is 4.74 Å². The van der Waals surface area contributed by atoms with Crippen LogP contribution < -0.4 is 15.4 Å². The molecule has 0 bridgehead atoms. The van der Waals surface area contributed by atoms with Crippen molar-refractivity contribution in [1.29, 1.82) is 0 Å². The third kappa shape index (κ3) is 2.70. The Morgan fingerprint density at radius 1 is 1.31 bits per heavy atom. The number of rotatable bonds is 2. The summed E-state index contributed by atoms with van der Waals surface area (Å²) in [5.41, 5.74) is 1.64. The highest BCUT2D eigenvalue weighted by atomic mass is 32.1. The lowest BCUT2D eigenvalue weighted by molar-refractivity contribution is -0.122. The monoisotopic (exact) mass is 370 g/mol. The minimum absolute atomic E-state index is 0.239. The first-order valence-electron chi connectivity index (χ1n) is 8.04. The summed E-state index contributed by atoms with van der Waals surface area (Å²) in [4.78, 5) is 24.8. The number of benzene rings is 2. The molecule has 1 aliphatic heterocycles. The van der Waals surface area contributed by atoms with E-state index in [1.807, 2.05) is 0 Å². The number of carbonyl (C=O) groups excluding carboxylic acids is 2. The van der Waals surface area contributed by atoms with Crippen LogP contribution in [0.1, 0.15) is 22.2 Å². The molecule has 26 heavy (non-hydrogen) atoms. The van der Waals surface area contributed by atoms with Gasteiger partial charge in [-0.25, -0.2) is 4.39 Å². The van der Waals surface area contributed by atoms with Crippen molar-refractivity contribution in [2.24, 2.45) is 0 Å². The average molecular weight is 370 g/mol. The van der Waals surface area contributed by atoms with Crippen LogP contribution in [0, 0.1) is 12.7 Å². The smallest absolute Gasteiger partial charge is 0.266 e. The number of nitrogens with one attached hydrogen (secondary N) is 2. The number of thiophene rings is 1. The minimum Gasteiger partial charge on any atom is -0.479 e. The predicted molar refractivity (Wildman–Crippen MR) is 99.6 cm³/mol. The second-order valence-electron chi connectivity index (χ2n) is 6.08. The first-order valence-corrected chi connectivity index (χ1v) is 8.86. The van der Waals surface area contributed by atoms with Gasteiger partial charge in [0.05, 0.1) is 10.6 Å². The number of halogens is 1. The molecule has 1 aliphatic rings. The highest BCUT2D eigenvalue weighted by Crippen LogP contribution is 2.35. The van der Waals surface area contributed by atoms with E-state index in [1.165, 1.54) is 17.4 Å². The number of fused-ring (bicyclic) bond motifs is 2. The first-order chi connectivity index (χ1) is 12.4. The fraction of sp³-hybridized carbons (Fsp3) is 0.158. The summed E-state index contributed by atoms with van der Waals surface area (Å²) >= 11 is 1.25. The van der Waals surface area contributed by atoms with Gasteiger partial charge in [0.2, 0.25) is 0 Å². The van der Waals surface area contributed by atoms with Gasteiger partial charge in [0.1, 0.15) is 11.6 Å². The zero-order chi connectivity index (χ0) is 18.4. The summed E-state index contributed by atoms with van der Waals surface area (Å²) in [6, 6.07) is 9.84. The van der Waals surface area contributed by atoms with E-state index in [0.717, 1.165) is 4.70 Å². The van der Waals surface area contributed by atoms with Crippen molar-refractivity contribution in [1.82, 2.24) is 0 Å². The molecule has 132 valence electrons. The Morgan fingerprint density at radius 2 is 2.12 bits per heavy atom. The van der Waals surface area contributed by atoms with Crippen LogP contribution >= 0.6 is 11.3 Å². The Balaban J connectivity index is 1.63. The fourth-order valence-electron chi connectivity index (χ4n) is 2.94. The standard InChI is InChI=1S/C19H15FN2O3S/c1-9-16-12(20)4-3-5-15(16)26-17(9)19(24)21-11-6-7-14-13(8-11)22-18(23)10(2)25-14/h3-8,10H,1-2H3,(H,21,24)(H,22,23)/t10-/m1/s1. The summed E-state index contributed by atoms with van der Waals surface area (Å²) in [6.45, 7) is 3.40. The number of hydrogen-bond donors (Lipinski definition) is 2. The van der Waals surface area contributed by atoms with Crippen molar-refractivity contribution >= 4 is 44.6 Å². The van der Waals surface area contributed by atoms with Gasteiger partial charge >= 0.3 is 0 Å². The molecule has 7 heteroatoms. The third-order valence-electron chi connectivity index (χ3n) is 4.28. The number of amides is 2. The molecule has 1 atom stereocenters. The first kappa shape index (κ1) is 16.5. The topological polar surface area (TPSA) is 67.4 Å². The fourth-order valence-corrected chi connectivity index (χ4v) is 4.06. The molecule has 0 saturated heterocycles. The lowest BCUT2D eigenvalue weighted by Gasteiger charge is -2.23. The van der Waals surface area contributed by atoms with Gasteiger partial charge in [-0.15, -0.1) is 11.3 Å². The lowest BCUT2D eigenvalue weighted by atomic mass is 10.1. The maximum atomic E-state index is 14.0. The van der Waals surface area contributed by atoms with Crippen LogP contribution in [0.4, 0.5) is 15.8 Å². The molecule has 2 N–H and O–H groups in total. The van der Waals surface area contributed by atoms with Crippen LogP contribution in [0.15, 0.2) is 36.4 Å². The summed E-state index contributed by atoms with van der Waals surface area (Å²) < 4.78 is 20.3. The molecular weight excluding hydrogens is 355 g/mol. The van der Waals surface area contributed by atoms with Crippen molar-refractivity contribution in [2.75, 3.05) is 10.6 Å². The second-order valence-corrected chi connectivity index (χ2v) is 7.14. The van der Waals surface area contributed by atoms with Gasteiger partial charge < -0.3 is 15.4 Å². The molecule has 0 radical (unpaired) electrons. The largest absolute Gasteiger partial charge is 0.479 e. The van der Waals surface area contributed by atoms with Crippen LogP contribution in [0.5, 0.6) is 5.75 Å². The molecule has 4 rings (SSSR count). The van der Waals surface area contributed by atoms with E-state index in [0.29, 0.717) is 33.0 Å². The summed E-state index contributed by atoms with van der Waals surface area (Å²) in [6.07, 6.45) is -0.556. The quantitative estimate of drug-likeness (QED) is 0.706. The van der Waals surface area contributed by atoms with Crippen LogP contribution in [0.25, 0.3) is 10.1 Å². The van der Waals surface area contributed by atoms with Crippen molar-refractivity contribution < 1.29 is 18.7 Å². The van der Waals surface area contributed by atoms with Crippen molar-refractivity contribution in [3.8, 4) is 5.75 Å². The van der Waals surface area contributed by atoms with Gasteiger partial charge in [-0.2, -0.15) is 0 Å². The summed E-state index contributed by atoms with van der Waals surface area (Å²) in [5, 5.41) is 6.01. The lowest BCUT2D eigenvalue weighted by Crippen LogP contribution is -2.34. The molecule has 5 nitrogen and oxygen atoms in total. The van der Waals surface area contributed by atoms with Crippen molar-refractivity contribution in [3.05, 3.63) is 52.7 Å². The maximum absolute atomic E-state index is 14.0. The van der Waals surface area contributed by atoms with E-state index >= 15 is 0 Å². The number of hydrogen-bond acceptors (Lipinski definition) is 4. The van der Waals surface area contributed by atoms with Crippen LogP contribution in [-0.2, 0) is 4.79 Å². The Kier molecular flexibility index (Phi) is 3.88. The summed E-state index contributed by atoms with van der Waals surface area (Å²) in [5.74, 6) is -0.343. The Morgan fingerprint density at radius 3 is 2.88 bits per heavy atom. The molecule has 0 saturated carbocycles. The van der Waals surface area contributed by atoms with Crippen LogP contribution in [-0.4, -0.2) is 17.9 Å². The van der Waals surface area contributed by atoms with Crippen LogP contribution in [0.2, 0.25) is 0 Å². The van der Waals surface area contributed by atoms with E-state index in [-0.39, 0.29) is 17.6 Å². The van der Waals surface area contributed by atoms with Gasteiger partial charge in [0, 0.05) is 15.8 Å². The SMILES string of the molecule is Cc1c(C(=O)Nc2ccc3c(c2)NC(=O)[C@@H](C)O3)sc2cccc(F)c12.